The predicted octanol–water partition coefficient (Wildman–Crippen LogP) is 2.61. The van der Waals surface area contributed by atoms with Crippen LogP contribution in [-0.4, -0.2) is 52.6 Å². The maximum absolute atomic E-state index is 15.3. The Morgan fingerprint density at radius 2 is 2.28 bits per heavy atom. The van der Waals surface area contributed by atoms with Gasteiger partial charge >= 0.3 is 5.97 Å². The summed E-state index contributed by atoms with van der Waals surface area (Å²) in [6, 6.07) is 0. The second-order valence-corrected chi connectivity index (χ2v) is 6.90. The Hall–Kier alpha value is -2.62. The molecule has 2 heterocycles. The molecule has 0 bridgehead atoms. The van der Waals surface area contributed by atoms with Gasteiger partial charge in [0.2, 0.25) is 5.72 Å². The Morgan fingerprint density at radius 3 is 2.90 bits per heavy atom. The second-order valence-electron chi connectivity index (χ2n) is 6.90. The molecular formula is C18H27FN6O4. The first-order valence-corrected chi connectivity index (χ1v) is 9.56. The maximum atomic E-state index is 15.3. The van der Waals surface area contributed by atoms with Gasteiger partial charge in [0.05, 0.1) is 6.61 Å². The molecule has 2 rings (SSSR count). The minimum absolute atomic E-state index is 0.0898. The van der Waals surface area contributed by atoms with Crippen molar-refractivity contribution in [1.82, 2.24) is 4.90 Å². The van der Waals surface area contributed by atoms with E-state index in [-0.39, 0.29) is 18.1 Å². The number of aliphatic hydroxyl groups is 1. The van der Waals surface area contributed by atoms with E-state index in [9.17, 15) is 9.90 Å². The number of hydrogen-bond donors (Lipinski definition) is 2. The van der Waals surface area contributed by atoms with Crippen LogP contribution in [0.3, 0.4) is 0 Å². The van der Waals surface area contributed by atoms with Crippen LogP contribution in [-0.2, 0) is 14.3 Å². The van der Waals surface area contributed by atoms with Gasteiger partial charge in [0.25, 0.3) is 0 Å². The maximum Gasteiger partial charge on any atom is 0.306 e. The first-order valence-electron chi connectivity index (χ1n) is 9.56. The molecule has 0 unspecified atom stereocenters. The molecule has 0 radical (unpaired) electrons. The summed E-state index contributed by atoms with van der Waals surface area (Å²) in [6.45, 7) is 4.89. The van der Waals surface area contributed by atoms with Crippen molar-refractivity contribution in [2.45, 2.75) is 69.7 Å². The lowest BCUT2D eigenvalue weighted by Crippen LogP contribution is -2.46. The number of rotatable bonds is 10. The number of halogens is 1. The molecule has 2 aliphatic heterocycles. The SMILES string of the molecule is C=C1N=C(N)C=CN1[C@@H]1O[C@@](CO)(N=[N+]=[N-])[C@@H](OC(=O)CCCCCCC)[C@H]1F. The van der Waals surface area contributed by atoms with Gasteiger partial charge in [-0.25, -0.2) is 9.38 Å². The van der Waals surface area contributed by atoms with Crippen LogP contribution < -0.4 is 5.73 Å². The summed E-state index contributed by atoms with van der Waals surface area (Å²) in [6.07, 6.45) is 2.56. The summed E-state index contributed by atoms with van der Waals surface area (Å²) < 4.78 is 26.1. The number of unbranched alkanes of at least 4 members (excludes halogenated alkanes) is 4. The number of nitrogens with two attached hydrogens (primary N) is 1. The van der Waals surface area contributed by atoms with Crippen LogP contribution in [0.15, 0.2) is 34.8 Å². The van der Waals surface area contributed by atoms with E-state index in [0.29, 0.717) is 6.42 Å². The van der Waals surface area contributed by atoms with E-state index in [2.05, 4.69) is 28.5 Å². The van der Waals surface area contributed by atoms with Crippen LogP contribution in [0.2, 0.25) is 0 Å². The van der Waals surface area contributed by atoms with Crippen LogP contribution in [0.4, 0.5) is 4.39 Å². The molecular weight excluding hydrogens is 383 g/mol. The molecule has 1 fully saturated rings. The van der Waals surface area contributed by atoms with Crippen molar-refractivity contribution >= 4 is 11.8 Å². The largest absolute Gasteiger partial charge is 0.456 e. The zero-order valence-electron chi connectivity index (χ0n) is 16.4. The third-order valence-electron chi connectivity index (χ3n) is 4.75. The number of hydrogen-bond acceptors (Lipinski definition) is 8. The van der Waals surface area contributed by atoms with Gasteiger partial charge in [-0.1, -0.05) is 44.3 Å². The molecule has 4 atom stereocenters. The predicted molar refractivity (Wildman–Crippen MR) is 104 cm³/mol. The smallest absolute Gasteiger partial charge is 0.306 e. The number of esters is 1. The fraction of sp³-hybridized carbons (Fsp3) is 0.667. The molecule has 0 amide bonds. The van der Waals surface area contributed by atoms with Crippen molar-refractivity contribution in [2.75, 3.05) is 6.61 Å². The monoisotopic (exact) mass is 410 g/mol. The number of nitrogens with zero attached hydrogens (tertiary/aromatic N) is 5. The number of aliphatic hydroxyl groups excluding tert-OH is 1. The molecule has 0 aromatic carbocycles. The van der Waals surface area contributed by atoms with E-state index in [1.54, 1.807) is 0 Å². The van der Waals surface area contributed by atoms with Crippen LogP contribution in [0.1, 0.15) is 45.4 Å². The van der Waals surface area contributed by atoms with Crippen molar-refractivity contribution < 1.29 is 23.8 Å². The number of carbonyl (C=O) groups is 1. The number of ether oxygens (including phenoxy) is 2. The van der Waals surface area contributed by atoms with Gasteiger partial charge in [-0.2, -0.15) is 0 Å². The van der Waals surface area contributed by atoms with E-state index in [4.69, 9.17) is 20.7 Å². The lowest BCUT2D eigenvalue weighted by atomic mass is 10.1. The van der Waals surface area contributed by atoms with Gasteiger partial charge in [0.1, 0.15) is 11.7 Å². The zero-order valence-corrected chi connectivity index (χ0v) is 16.4. The van der Waals surface area contributed by atoms with Crippen LogP contribution in [0.5, 0.6) is 0 Å². The summed E-state index contributed by atoms with van der Waals surface area (Å²) in [4.78, 5) is 20.0. The molecule has 0 aromatic rings. The van der Waals surface area contributed by atoms with Gasteiger partial charge in [0.15, 0.2) is 18.5 Å². The van der Waals surface area contributed by atoms with E-state index in [1.165, 1.54) is 17.2 Å². The summed E-state index contributed by atoms with van der Waals surface area (Å²) in [5.41, 5.74) is 12.4. The molecule has 0 aromatic heterocycles. The van der Waals surface area contributed by atoms with Crippen molar-refractivity contribution in [3.05, 3.63) is 35.1 Å². The van der Waals surface area contributed by atoms with Crippen molar-refractivity contribution in [3.8, 4) is 0 Å². The molecule has 10 nitrogen and oxygen atoms in total. The highest BCUT2D eigenvalue weighted by Gasteiger charge is 2.59. The topological polar surface area (TPSA) is 146 Å². The molecule has 11 heteroatoms. The third kappa shape index (κ3) is 5.26. The molecule has 3 N–H and O–H groups in total. The van der Waals surface area contributed by atoms with Gasteiger partial charge in [-0.3, -0.25) is 4.79 Å². The highest BCUT2D eigenvalue weighted by Crippen LogP contribution is 2.40. The van der Waals surface area contributed by atoms with E-state index >= 15 is 4.39 Å². The quantitative estimate of drug-likeness (QED) is 0.186. The summed E-state index contributed by atoms with van der Waals surface area (Å²) in [7, 11) is 0. The van der Waals surface area contributed by atoms with Crippen molar-refractivity contribution in [3.63, 3.8) is 0 Å². The fourth-order valence-electron chi connectivity index (χ4n) is 3.21. The number of alkyl halides is 1. The van der Waals surface area contributed by atoms with Crippen LogP contribution >= 0.6 is 0 Å². The highest BCUT2D eigenvalue weighted by molar-refractivity contribution is 5.92. The molecule has 2 aliphatic rings. The lowest BCUT2D eigenvalue weighted by Gasteiger charge is -2.30. The summed E-state index contributed by atoms with van der Waals surface area (Å²) in [5, 5.41) is 13.2. The van der Waals surface area contributed by atoms with Gasteiger partial charge < -0.3 is 25.2 Å². The Kier molecular flexibility index (Phi) is 8.00. The van der Waals surface area contributed by atoms with E-state index in [1.807, 2.05) is 0 Å². The van der Waals surface area contributed by atoms with Gasteiger partial charge in [-0.15, -0.1) is 0 Å². The first-order chi connectivity index (χ1) is 13.9. The molecule has 0 aliphatic carbocycles. The number of aliphatic imine (C=N–C) groups is 1. The van der Waals surface area contributed by atoms with Crippen molar-refractivity contribution in [1.29, 1.82) is 0 Å². The highest BCUT2D eigenvalue weighted by atomic mass is 19.1. The van der Waals surface area contributed by atoms with E-state index < -0.39 is 36.8 Å². The molecule has 29 heavy (non-hydrogen) atoms. The summed E-state index contributed by atoms with van der Waals surface area (Å²) >= 11 is 0. The minimum atomic E-state index is -2.10. The number of amidine groups is 1. The zero-order chi connectivity index (χ0) is 21.4. The Morgan fingerprint density at radius 1 is 1.55 bits per heavy atom. The molecule has 160 valence electrons. The van der Waals surface area contributed by atoms with Crippen molar-refractivity contribution in [2.24, 2.45) is 15.8 Å². The third-order valence-corrected chi connectivity index (χ3v) is 4.75. The Balaban J connectivity index is 2.13. The summed E-state index contributed by atoms with van der Waals surface area (Å²) in [5.74, 6) is -0.387. The van der Waals surface area contributed by atoms with Crippen LogP contribution in [0, 0.1) is 0 Å². The molecule has 1 saturated heterocycles. The fourth-order valence-corrected chi connectivity index (χ4v) is 3.21. The van der Waals surface area contributed by atoms with Gasteiger partial charge in [0, 0.05) is 17.5 Å². The van der Waals surface area contributed by atoms with Gasteiger partial charge in [-0.05, 0) is 18.0 Å². The Bertz CT molecular complexity index is 723. The standard InChI is InChI=1S/C18H27FN6O4/c1-3-4-5-6-7-8-14(27)28-16-15(19)17(29-18(16,11-26)23-24-21)25-10-9-13(20)22-12(25)2/h9-10,15-17,26H,2-8,11H2,1H3,(H2,20,22)/t15-,16+,17-,18-/m1/s1. The van der Waals surface area contributed by atoms with Crippen LogP contribution in [0.25, 0.3) is 10.4 Å². The minimum Gasteiger partial charge on any atom is -0.456 e. The Labute approximate surface area is 168 Å². The average Bonchev–Trinajstić information content (AvgIpc) is 2.94. The lowest BCUT2D eigenvalue weighted by molar-refractivity contribution is -0.168. The normalized spacial score (nSPS) is 28.8. The number of azide groups is 1. The second kappa shape index (κ2) is 10.2. The number of carbonyl (C=O) groups excluding carboxylic acids is 1. The first kappa shape index (κ1) is 22.7. The average molecular weight is 410 g/mol. The van der Waals surface area contributed by atoms with E-state index in [0.717, 1.165) is 25.7 Å². The molecule has 0 spiro atoms. The molecule has 0 saturated carbocycles.